The topological polar surface area (TPSA) is 45.1 Å². The molecule has 2 aliphatic heterocycles. The van der Waals surface area contributed by atoms with Gasteiger partial charge in [0.25, 0.3) is 0 Å². The van der Waals surface area contributed by atoms with Crippen LogP contribution in [-0.4, -0.2) is 46.3 Å². The van der Waals surface area contributed by atoms with E-state index in [1.807, 2.05) is 4.90 Å². The van der Waals surface area contributed by atoms with Gasteiger partial charge >= 0.3 is 0 Å². The fraction of sp³-hybridized carbons (Fsp3) is 0.417. The Hall–Kier alpha value is -0.620. The average molecular weight is 319 g/mol. The lowest BCUT2D eigenvalue weighted by atomic mass is 10.2. The maximum Gasteiger partial charge on any atom is 0.184 e. The van der Waals surface area contributed by atoms with Gasteiger partial charge in [0, 0.05) is 11.6 Å². The van der Waals surface area contributed by atoms with E-state index in [9.17, 15) is 5.11 Å². The van der Waals surface area contributed by atoms with Crippen LogP contribution < -0.4 is 4.74 Å². The van der Waals surface area contributed by atoms with E-state index in [2.05, 4.69) is 4.99 Å². The number of hydrogen-bond donors (Lipinski definition) is 1. The average Bonchev–Trinajstić information content (AvgIpc) is 2.94. The summed E-state index contributed by atoms with van der Waals surface area (Å²) in [5.41, 5.74) is -1.01. The lowest BCUT2D eigenvalue weighted by molar-refractivity contribution is -0.0694. The molecule has 1 atom stereocenters. The number of rotatable bonds is 3. The summed E-state index contributed by atoms with van der Waals surface area (Å²) in [7, 11) is 0. The Morgan fingerprint density at radius 3 is 3.11 bits per heavy atom. The third-order valence-electron chi connectivity index (χ3n) is 3.09. The smallest absolute Gasteiger partial charge is 0.184 e. The molecule has 0 amide bonds. The molecule has 0 aliphatic carbocycles. The van der Waals surface area contributed by atoms with Gasteiger partial charge < -0.3 is 14.7 Å². The molecule has 1 fully saturated rings. The second-order valence-corrected chi connectivity index (χ2v) is 6.24. The molecular formula is C12H12Cl2N2O2S. The van der Waals surface area contributed by atoms with Gasteiger partial charge in [-0.15, -0.1) is 0 Å². The zero-order chi connectivity index (χ0) is 13.5. The lowest BCUT2D eigenvalue weighted by Crippen LogP contribution is -2.51. The Balaban J connectivity index is 1.70. The van der Waals surface area contributed by atoms with Gasteiger partial charge in [-0.2, -0.15) is 0 Å². The van der Waals surface area contributed by atoms with Crippen molar-refractivity contribution in [3.05, 3.63) is 28.2 Å². The van der Waals surface area contributed by atoms with Crippen LogP contribution in [0.5, 0.6) is 5.75 Å². The van der Waals surface area contributed by atoms with Gasteiger partial charge in [0.05, 0.1) is 17.3 Å². The normalized spacial score (nSPS) is 25.4. The maximum absolute atomic E-state index is 10.6. The van der Waals surface area contributed by atoms with Crippen LogP contribution in [0.15, 0.2) is 23.2 Å². The van der Waals surface area contributed by atoms with Crippen molar-refractivity contribution in [3.8, 4) is 5.75 Å². The van der Waals surface area contributed by atoms with Crippen molar-refractivity contribution in [2.75, 3.05) is 25.4 Å². The summed E-state index contributed by atoms with van der Waals surface area (Å²) >= 11 is 13.4. The highest BCUT2D eigenvalue weighted by Gasteiger charge is 2.45. The molecule has 7 heteroatoms. The van der Waals surface area contributed by atoms with E-state index in [0.717, 1.165) is 18.3 Å². The van der Waals surface area contributed by atoms with E-state index >= 15 is 0 Å². The maximum atomic E-state index is 10.6. The molecule has 1 N–H and O–H groups in total. The second-order valence-electron chi connectivity index (χ2n) is 4.45. The molecule has 19 heavy (non-hydrogen) atoms. The molecule has 0 spiro atoms. The summed E-state index contributed by atoms with van der Waals surface area (Å²) < 4.78 is 5.64. The molecule has 0 aromatic heterocycles. The first-order chi connectivity index (χ1) is 9.08. The van der Waals surface area contributed by atoms with E-state index in [1.54, 1.807) is 30.0 Å². The Morgan fingerprint density at radius 2 is 2.32 bits per heavy atom. The van der Waals surface area contributed by atoms with Gasteiger partial charge in [-0.05, 0) is 18.2 Å². The second kappa shape index (κ2) is 5.05. The fourth-order valence-corrected chi connectivity index (χ4v) is 3.76. The number of halogens is 2. The van der Waals surface area contributed by atoms with Crippen LogP contribution >= 0.6 is 35.0 Å². The number of thioether (sulfide) groups is 1. The molecule has 3 rings (SSSR count). The van der Waals surface area contributed by atoms with Crippen molar-refractivity contribution in [1.29, 1.82) is 0 Å². The van der Waals surface area contributed by atoms with Crippen molar-refractivity contribution in [2.24, 2.45) is 4.99 Å². The minimum atomic E-state index is -1.01. The first-order valence-corrected chi connectivity index (χ1v) is 7.58. The molecule has 1 aromatic carbocycles. The number of aliphatic imine (C=N–C) groups is 1. The number of benzene rings is 1. The highest BCUT2D eigenvalue weighted by Crippen LogP contribution is 2.35. The summed E-state index contributed by atoms with van der Waals surface area (Å²) in [5, 5.41) is 12.5. The van der Waals surface area contributed by atoms with Crippen LogP contribution in [0.3, 0.4) is 0 Å². The molecule has 1 unspecified atom stereocenters. The molecule has 1 saturated heterocycles. The van der Waals surface area contributed by atoms with E-state index in [0.29, 0.717) is 21.5 Å². The van der Waals surface area contributed by atoms with Crippen LogP contribution in [0.25, 0.3) is 0 Å². The van der Waals surface area contributed by atoms with Crippen LogP contribution in [0.2, 0.25) is 10.0 Å². The molecular weight excluding hydrogens is 307 g/mol. The molecule has 4 nitrogen and oxygen atoms in total. The number of ether oxygens (including phenoxy) is 1. The monoisotopic (exact) mass is 318 g/mol. The number of amidine groups is 1. The van der Waals surface area contributed by atoms with E-state index in [1.165, 1.54) is 0 Å². The summed E-state index contributed by atoms with van der Waals surface area (Å²) in [4.78, 5) is 6.21. The van der Waals surface area contributed by atoms with Crippen molar-refractivity contribution < 1.29 is 9.84 Å². The highest BCUT2D eigenvalue weighted by atomic mass is 35.5. The zero-order valence-corrected chi connectivity index (χ0v) is 12.3. The quantitative estimate of drug-likeness (QED) is 0.930. The first kappa shape index (κ1) is 13.4. The molecule has 2 heterocycles. The standard InChI is InChI=1S/C12H12Cl2N2O2S/c13-8-1-2-10(9(14)5-8)18-6-12(17)7-19-11-15-3-4-16(11)12/h1-2,5,17H,3-4,6-7H2. The Kier molecular flexibility index (Phi) is 3.55. The van der Waals surface area contributed by atoms with E-state index in [4.69, 9.17) is 27.9 Å². The highest BCUT2D eigenvalue weighted by molar-refractivity contribution is 8.14. The van der Waals surface area contributed by atoms with E-state index < -0.39 is 5.72 Å². The third kappa shape index (κ3) is 2.52. The predicted molar refractivity (Wildman–Crippen MR) is 78.4 cm³/mol. The zero-order valence-electron chi connectivity index (χ0n) is 9.97. The first-order valence-electron chi connectivity index (χ1n) is 5.84. The Bertz CT molecular complexity index is 540. The number of nitrogens with zero attached hydrogens (tertiary/aromatic N) is 2. The summed E-state index contributed by atoms with van der Waals surface area (Å²) in [5.74, 6) is 1.07. The van der Waals surface area contributed by atoms with Crippen LogP contribution in [0, 0.1) is 0 Å². The van der Waals surface area contributed by atoms with Crippen molar-refractivity contribution >= 4 is 40.1 Å². The van der Waals surface area contributed by atoms with Crippen LogP contribution in [0.4, 0.5) is 0 Å². The van der Waals surface area contributed by atoms with Crippen LogP contribution in [0.1, 0.15) is 0 Å². The molecule has 2 aliphatic rings. The summed E-state index contributed by atoms with van der Waals surface area (Å²) in [6.45, 7) is 1.61. The molecule has 0 radical (unpaired) electrons. The fourth-order valence-electron chi connectivity index (χ4n) is 2.10. The summed E-state index contributed by atoms with van der Waals surface area (Å²) in [6.07, 6.45) is 0. The van der Waals surface area contributed by atoms with Crippen LogP contribution in [-0.2, 0) is 0 Å². The van der Waals surface area contributed by atoms with E-state index in [-0.39, 0.29) is 6.61 Å². The number of fused-ring (bicyclic) bond motifs is 1. The molecule has 0 bridgehead atoms. The predicted octanol–water partition coefficient (Wildman–Crippen LogP) is 2.48. The van der Waals surface area contributed by atoms with Crippen molar-refractivity contribution in [2.45, 2.75) is 5.72 Å². The van der Waals surface area contributed by atoms with Gasteiger partial charge in [0.15, 0.2) is 10.9 Å². The van der Waals surface area contributed by atoms with Crippen molar-refractivity contribution in [1.82, 2.24) is 4.90 Å². The van der Waals surface area contributed by atoms with Crippen molar-refractivity contribution in [3.63, 3.8) is 0 Å². The SMILES string of the molecule is OC1(COc2ccc(Cl)cc2Cl)CSC2=NCCN21. The Labute approximate surface area is 125 Å². The lowest BCUT2D eigenvalue weighted by Gasteiger charge is -2.31. The molecule has 0 saturated carbocycles. The largest absolute Gasteiger partial charge is 0.487 e. The third-order valence-corrected chi connectivity index (χ3v) is 4.83. The molecule has 102 valence electrons. The van der Waals surface area contributed by atoms with Gasteiger partial charge in [-0.25, -0.2) is 0 Å². The summed E-state index contributed by atoms with van der Waals surface area (Å²) in [6, 6.07) is 5.03. The minimum Gasteiger partial charge on any atom is -0.487 e. The Morgan fingerprint density at radius 1 is 1.47 bits per heavy atom. The van der Waals surface area contributed by atoms with Gasteiger partial charge in [-0.1, -0.05) is 35.0 Å². The van der Waals surface area contributed by atoms with Gasteiger partial charge in [0.1, 0.15) is 12.4 Å². The number of hydrogen-bond acceptors (Lipinski definition) is 5. The van der Waals surface area contributed by atoms with Gasteiger partial charge in [-0.3, -0.25) is 4.99 Å². The minimum absolute atomic E-state index is 0.153. The number of aliphatic hydroxyl groups is 1. The molecule has 1 aromatic rings. The van der Waals surface area contributed by atoms with Gasteiger partial charge in [0.2, 0.25) is 0 Å².